The molecule has 0 aliphatic rings. The molecule has 0 aliphatic heterocycles. The molecule has 0 radical (unpaired) electrons. The molecule has 158 valence electrons. The Balaban J connectivity index is 1.69. The lowest BCUT2D eigenvalue weighted by molar-refractivity contribution is -0.124. The molecule has 3 rings (SSSR count). The monoisotopic (exact) mass is 409 g/mol. The molecule has 0 bridgehead atoms. The summed E-state index contributed by atoms with van der Waals surface area (Å²) in [6, 6.07) is 11.8. The van der Waals surface area contributed by atoms with Crippen molar-refractivity contribution in [1.29, 1.82) is 0 Å². The Hall–Kier alpha value is -3.42. The van der Waals surface area contributed by atoms with Crippen molar-refractivity contribution in [3.63, 3.8) is 0 Å². The molecule has 1 atom stereocenters. The second-order valence-electron chi connectivity index (χ2n) is 7.08. The summed E-state index contributed by atoms with van der Waals surface area (Å²) < 4.78 is 8.51. The van der Waals surface area contributed by atoms with Crippen molar-refractivity contribution in [2.24, 2.45) is 0 Å². The van der Waals surface area contributed by atoms with Gasteiger partial charge in [0.1, 0.15) is 11.8 Å². The normalized spacial score (nSPS) is 11.9. The van der Waals surface area contributed by atoms with Crippen LogP contribution in [-0.4, -0.2) is 38.6 Å². The number of carbonyl (C=O) groups is 1. The first-order valence-corrected chi connectivity index (χ1v) is 10.0. The maximum atomic E-state index is 12.6. The van der Waals surface area contributed by atoms with Crippen molar-refractivity contribution in [3.05, 3.63) is 64.2 Å². The topological polar surface area (TPSA) is 91.0 Å². The molecular weight excluding hydrogens is 382 g/mol. The van der Waals surface area contributed by atoms with E-state index < -0.39 is 6.04 Å². The summed E-state index contributed by atoms with van der Waals surface area (Å²) in [5.41, 5.74) is 3.10. The fourth-order valence-electron chi connectivity index (χ4n) is 3.19. The van der Waals surface area contributed by atoms with Gasteiger partial charge in [-0.05, 0) is 64.1 Å². The van der Waals surface area contributed by atoms with Gasteiger partial charge in [0, 0.05) is 23.9 Å². The number of hydrogen-bond acceptors (Lipinski definition) is 5. The second-order valence-corrected chi connectivity index (χ2v) is 7.08. The van der Waals surface area contributed by atoms with Gasteiger partial charge in [-0.25, -0.2) is 4.68 Å². The fourth-order valence-corrected chi connectivity index (χ4v) is 3.19. The zero-order chi connectivity index (χ0) is 21.7. The Morgan fingerprint density at radius 3 is 2.50 bits per heavy atom. The Labute approximate surface area is 175 Å². The first-order valence-electron chi connectivity index (χ1n) is 10.0. The number of aryl methyl sites for hydroxylation is 2. The van der Waals surface area contributed by atoms with E-state index in [-0.39, 0.29) is 11.5 Å². The summed E-state index contributed by atoms with van der Waals surface area (Å²) in [7, 11) is 0. The molecule has 0 fully saturated rings. The Morgan fingerprint density at radius 2 is 1.87 bits per heavy atom. The number of ether oxygens (including phenoxy) is 1. The molecule has 1 amide bonds. The molecule has 1 unspecified atom stereocenters. The molecule has 2 heterocycles. The zero-order valence-corrected chi connectivity index (χ0v) is 17.8. The van der Waals surface area contributed by atoms with Crippen LogP contribution < -0.4 is 15.6 Å². The van der Waals surface area contributed by atoms with E-state index >= 15 is 0 Å². The van der Waals surface area contributed by atoms with Gasteiger partial charge in [0.05, 0.1) is 24.5 Å². The van der Waals surface area contributed by atoms with Crippen LogP contribution in [0.4, 0.5) is 0 Å². The van der Waals surface area contributed by atoms with Gasteiger partial charge in [0.2, 0.25) is 5.91 Å². The fraction of sp³-hybridized carbons (Fsp3) is 0.364. The van der Waals surface area contributed by atoms with Crippen molar-refractivity contribution in [2.75, 3.05) is 13.2 Å². The molecule has 0 spiro atoms. The van der Waals surface area contributed by atoms with Crippen molar-refractivity contribution >= 4 is 5.91 Å². The maximum absolute atomic E-state index is 12.6. The number of rotatable bonds is 8. The summed E-state index contributed by atoms with van der Waals surface area (Å²) in [5, 5.41) is 11.6. The molecule has 1 aromatic carbocycles. The molecule has 30 heavy (non-hydrogen) atoms. The summed E-state index contributed by atoms with van der Waals surface area (Å²) in [6.45, 7) is 9.06. The highest BCUT2D eigenvalue weighted by Crippen LogP contribution is 2.20. The summed E-state index contributed by atoms with van der Waals surface area (Å²) in [4.78, 5) is 24.9. The molecular formula is C22H27N5O3. The lowest BCUT2D eigenvalue weighted by Crippen LogP contribution is -2.38. The number of benzene rings is 1. The molecule has 0 saturated carbocycles. The summed E-state index contributed by atoms with van der Waals surface area (Å²) in [5.74, 6) is 0.500. The van der Waals surface area contributed by atoms with E-state index in [0.717, 1.165) is 22.7 Å². The number of aromatic nitrogens is 4. The van der Waals surface area contributed by atoms with Gasteiger partial charge in [-0.2, -0.15) is 10.2 Å². The van der Waals surface area contributed by atoms with Crippen LogP contribution in [0.15, 0.2) is 47.3 Å². The molecule has 8 heteroatoms. The van der Waals surface area contributed by atoms with E-state index in [1.54, 1.807) is 13.0 Å². The van der Waals surface area contributed by atoms with Gasteiger partial charge in [0.15, 0.2) is 0 Å². The van der Waals surface area contributed by atoms with Crippen molar-refractivity contribution in [1.82, 2.24) is 24.9 Å². The molecule has 2 aromatic heterocycles. The highest BCUT2D eigenvalue weighted by Gasteiger charge is 2.18. The van der Waals surface area contributed by atoms with Crippen LogP contribution in [0.3, 0.4) is 0 Å². The van der Waals surface area contributed by atoms with E-state index in [1.807, 2.05) is 55.8 Å². The molecule has 8 nitrogen and oxygen atoms in total. The minimum atomic E-state index is -0.736. The lowest BCUT2D eigenvalue weighted by Gasteiger charge is -2.15. The number of hydrogen-bond donors (Lipinski definition) is 1. The quantitative estimate of drug-likeness (QED) is 0.617. The predicted octanol–water partition coefficient (Wildman–Crippen LogP) is 2.50. The van der Waals surface area contributed by atoms with Gasteiger partial charge in [-0.1, -0.05) is 0 Å². The third-order valence-corrected chi connectivity index (χ3v) is 4.76. The highest BCUT2D eigenvalue weighted by molar-refractivity contribution is 5.79. The number of nitrogens with zero attached hydrogens (tertiary/aromatic N) is 4. The van der Waals surface area contributed by atoms with E-state index in [4.69, 9.17) is 4.74 Å². The van der Waals surface area contributed by atoms with Gasteiger partial charge < -0.3 is 10.1 Å². The van der Waals surface area contributed by atoms with E-state index in [2.05, 4.69) is 15.5 Å². The van der Waals surface area contributed by atoms with Gasteiger partial charge in [-0.3, -0.25) is 14.3 Å². The minimum absolute atomic E-state index is 0.269. The van der Waals surface area contributed by atoms with Crippen LogP contribution in [0, 0.1) is 13.8 Å². The van der Waals surface area contributed by atoms with Crippen LogP contribution in [0.25, 0.3) is 11.3 Å². The Kier molecular flexibility index (Phi) is 6.66. The number of amides is 1. The average Bonchev–Trinajstić information content (AvgIpc) is 3.05. The van der Waals surface area contributed by atoms with Gasteiger partial charge in [0.25, 0.3) is 5.56 Å². The lowest BCUT2D eigenvalue weighted by atomic mass is 10.1. The predicted molar refractivity (Wildman–Crippen MR) is 115 cm³/mol. The van der Waals surface area contributed by atoms with Gasteiger partial charge >= 0.3 is 0 Å². The van der Waals surface area contributed by atoms with Crippen LogP contribution in [0.1, 0.15) is 31.3 Å². The smallest absolute Gasteiger partial charge is 0.267 e. The van der Waals surface area contributed by atoms with Crippen LogP contribution >= 0.6 is 0 Å². The molecule has 0 saturated heterocycles. The third-order valence-electron chi connectivity index (χ3n) is 4.76. The minimum Gasteiger partial charge on any atom is -0.494 e. The van der Waals surface area contributed by atoms with Crippen molar-refractivity contribution in [3.8, 4) is 17.0 Å². The zero-order valence-electron chi connectivity index (χ0n) is 17.8. The molecule has 1 N–H and O–H groups in total. The first-order chi connectivity index (χ1) is 14.4. The van der Waals surface area contributed by atoms with Gasteiger partial charge in [-0.15, -0.1) is 0 Å². The van der Waals surface area contributed by atoms with E-state index in [9.17, 15) is 9.59 Å². The number of carbonyl (C=O) groups excluding carboxylic acids is 1. The van der Waals surface area contributed by atoms with Crippen LogP contribution in [0.2, 0.25) is 0 Å². The highest BCUT2D eigenvalue weighted by atomic mass is 16.5. The average molecular weight is 409 g/mol. The van der Waals surface area contributed by atoms with Crippen molar-refractivity contribution < 1.29 is 9.53 Å². The SMILES string of the molecule is CCOc1ccc(-c2ccc(=O)n(C(C)C(=O)NCCn3nc(C)cc3C)n2)cc1. The van der Waals surface area contributed by atoms with E-state index in [1.165, 1.54) is 10.7 Å². The third kappa shape index (κ3) is 4.94. The maximum Gasteiger partial charge on any atom is 0.267 e. The van der Waals surface area contributed by atoms with Crippen molar-refractivity contribution in [2.45, 2.75) is 40.3 Å². The second kappa shape index (κ2) is 9.39. The summed E-state index contributed by atoms with van der Waals surface area (Å²) >= 11 is 0. The van der Waals surface area contributed by atoms with E-state index in [0.29, 0.717) is 25.4 Å². The first kappa shape index (κ1) is 21.3. The van der Waals surface area contributed by atoms with Crippen LogP contribution in [-0.2, 0) is 11.3 Å². The molecule has 0 aliphatic carbocycles. The molecule has 3 aromatic rings. The standard InChI is InChI=1S/C22H27N5O3/c1-5-30-19-8-6-18(7-9-19)20-10-11-21(28)27(25-20)17(4)22(29)23-12-13-26-16(3)14-15(2)24-26/h6-11,14,17H,5,12-13H2,1-4H3,(H,23,29). The Morgan fingerprint density at radius 1 is 1.13 bits per heavy atom. The number of nitrogens with one attached hydrogen (secondary N) is 1. The largest absolute Gasteiger partial charge is 0.494 e. The Bertz CT molecular complexity index is 1070. The summed E-state index contributed by atoms with van der Waals surface area (Å²) in [6.07, 6.45) is 0. The van der Waals surface area contributed by atoms with Crippen LogP contribution in [0.5, 0.6) is 5.75 Å².